The smallest absolute Gasteiger partial charge is 0.118 e. The summed E-state index contributed by atoms with van der Waals surface area (Å²) < 4.78 is 6.65. The molecule has 0 spiro atoms. The molecule has 0 radical (unpaired) electrons. The molecule has 1 fully saturated rings. The van der Waals surface area contributed by atoms with Crippen molar-refractivity contribution in [2.75, 3.05) is 20.2 Å². The van der Waals surface area contributed by atoms with Gasteiger partial charge in [0.25, 0.3) is 0 Å². The first kappa shape index (κ1) is 13.9. The molecule has 1 aromatic rings. The summed E-state index contributed by atoms with van der Waals surface area (Å²) in [6, 6.07) is 8.40. The summed E-state index contributed by atoms with van der Waals surface area (Å²) in [4.78, 5) is 2.53. The Morgan fingerprint density at radius 3 is 2.67 bits per heavy atom. The van der Waals surface area contributed by atoms with Crippen LogP contribution in [0.2, 0.25) is 0 Å². The number of methoxy groups -OCH3 is 1. The molecule has 0 amide bonds. The predicted molar refractivity (Wildman–Crippen MR) is 84.2 cm³/mol. The van der Waals surface area contributed by atoms with Gasteiger partial charge in [-0.15, -0.1) is 0 Å². The highest BCUT2D eigenvalue weighted by Gasteiger charge is 2.15. The van der Waals surface area contributed by atoms with E-state index in [4.69, 9.17) is 4.74 Å². The average molecular weight is 357 g/mol. The van der Waals surface area contributed by atoms with E-state index in [2.05, 4.69) is 46.5 Å². The fourth-order valence-corrected chi connectivity index (χ4v) is 2.79. The molecule has 0 aliphatic carbocycles. The number of rotatable bonds is 3. The van der Waals surface area contributed by atoms with Crippen molar-refractivity contribution in [1.29, 1.82) is 0 Å². The lowest BCUT2D eigenvalue weighted by atomic mass is 10.0. The summed E-state index contributed by atoms with van der Waals surface area (Å²) in [5.74, 6) is 0.932. The first-order valence-electron chi connectivity index (χ1n) is 6.38. The normalized spacial score (nSPS) is 19.7. The van der Waals surface area contributed by atoms with Crippen LogP contribution in [-0.4, -0.2) is 25.1 Å². The van der Waals surface area contributed by atoms with Crippen molar-refractivity contribution in [3.05, 3.63) is 39.0 Å². The van der Waals surface area contributed by atoms with Crippen LogP contribution in [0.1, 0.15) is 25.3 Å². The molecule has 0 aromatic heterocycles. The third-order valence-electron chi connectivity index (χ3n) is 3.42. The van der Waals surface area contributed by atoms with Crippen LogP contribution < -0.4 is 4.74 Å². The van der Waals surface area contributed by atoms with Crippen molar-refractivity contribution in [2.24, 2.45) is 0 Å². The third kappa shape index (κ3) is 3.72. The fraction of sp³-hybridized carbons (Fsp3) is 0.467. The molecule has 1 saturated heterocycles. The number of nitrogens with zero attached hydrogens (tertiary/aromatic N) is 1. The second-order valence-electron chi connectivity index (χ2n) is 4.80. The van der Waals surface area contributed by atoms with E-state index in [0.717, 1.165) is 18.8 Å². The molecule has 2 nitrogen and oxygen atoms in total. The maximum Gasteiger partial charge on any atom is 0.118 e. The van der Waals surface area contributed by atoms with E-state index in [9.17, 15) is 0 Å². The van der Waals surface area contributed by atoms with E-state index in [-0.39, 0.29) is 0 Å². The zero-order chi connectivity index (χ0) is 13.0. The Kier molecular flexibility index (Phi) is 5.06. The molecule has 0 bridgehead atoms. The number of hydrogen-bond acceptors (Lipinski definition) is 2. The first-order chi connectivity index (χ1) is 8.69. The lowest BCUT2D eigenvalue weighted by Crippen LogP contribution is -2.30. The van der Waals surface area contributed by atoms with Gasteiger partial charge in [-0.1, -0.05) is 12.1 Å². The summed E-state index contributed by atoms with van der Waals surface area (Å²) in [7, 11) is 1.71. The number of hydrogen-bond donors (Lipinski definition) is 0. The van der Waals surface area contributed by atoms with Crippen molar-refractivity contribution in [1.82, 2.24) is 4.90 Å². The Balaban J connectivity index is 1.98. The number of likely N-dealkylation sites (tertiary alicyclic amines) is 1. The highest BCUT2D eigenvalue weighted by Crippen LogP contribution is 2.24. The molecule has 2 rings (SSSR count). The van der Waals surface area contributed by atoms with Crippen LogP contribution in [0.15, 0.2) is 33.4 Å². The molecule has 98 valence electrons. The number of halogens is 1. The van der Waals surface area contributed by atoms with Gasteiger partial charge in [-0.05, 0) is 75.8 Å². The van der Waals surface area contributed by atoms with Gasteiger partial charge >= 0.3 is 0 Å². The zero-order valence-corrected chi connectivity index (χ0v) is 13.2. The summed E-state index contributed by atoms with van der Waals surface area (Å²) in [6.45, 7) is 5.59. The first-order valence-corrected chi connectivity index (χ1v) is 7.46. The lowest BCUT2D eigenvalue weighted by molar-refractivity contribution is 0.257. The number of piperidine rings is 1. The van der Waals surface area contributed by atoms with Crippen molar-refractivity contribution < 1.29 is 4.74 Å². The maximum absolute atomic E-state index is 5.19. The van der Waals surface area contributed by atoms with Crippen LogP contribution in [0.25, 0.3) is 0 Å². The molecule has 18 heavy (non-hydrogen) atoms. The summed E-state index contributed by atoms with van der Waals surface area (Å²) in [6.07, 6.45) is 2.56. The van der Waals surface area contributed by atoms with Gasteiger partial charge in [0.2, 0.25) is 0 Å². The van der Waals surface area contributed by atoms with Crippen LogP contribution in [-0.2, 0) is 6.54 Å². The molecule has 0 atom stereocenters. The Morgan fingerprint density at radius 1 is 1.33 bits per heavy atom. The second kappa shape index (κ2) is 6.57. The van der Waals surface area contributed by atoms with E-state index < -0.39 is 0 Å². The monoisotopic (exact) mass is 357 g/mol. The Labute approximate surface area is 123 Å². The van der Waals surface area contributed by atoms with Crippen LogP contribution in [0, 0.1) is 0 Å². The quantitative estimate of drug-likeness (QED) is 0.759. The molecule has 1 heterocycles. The molecule has 1 aliphatic heterocycles. The standard InChI is InChI=1S/C15H20INO/c1-12(16)14-4-3-9-17(11-14)10-13-5-7-15(18-2)8-6-13/h5-8H,3-4,9-11H2,1-2H3. The highest BCUT2D eigenvalue weighted by molar-refractivity contribution is 14.1. The minimum Gasteiger partial charge on any atom is -0.497 e. The average Bonchev–Trinajstić information content (AvgIpc) is 2.40. The Hall–Kier alpha value is -0.550. The molecular weight excluding hydrogens is 337 g/mol. The molecular formula is C15H20INO. The van der Waals surface area contributed by atoms with E-state index in [1.165, 1.54) is 28.5 Å². The minimum atomic E-state index is 0.932. The lowest BCUT2D eigenvalue weighted by Gasteiger charge is -2.29. The van der Waals surface area contributed by atoms with Gasteiger partial charge in [-0.2, -0.15) is 0 Å². The van der Waals surface area contributed by atoms with E-state index in [1.54, 1.807) is 12.7 Å². The molecule has 0 unspecified atom stereocenters. The third-order valence-corrected chi connectivity index (χ3v) is 4.18. The second-order valence-corrected chi connectivity index (χ2v) is 6.42. The summed E-state index contributed by atoms with van der Waals surface area (Å²) in [5.41, 5.74) is 2.97. The SMILES string of the molecule is COc1ccc(CN2CCCC(=C(C)I)C2)cc1. The van der Waals surface area contributed by atoms with Crippen molar-refractivity contribution >= 4 is 22.6 Å². The Morgan fingerprint density at radius 2 is 2.06 bits per heavy atom. The molecule has 3 heteroatoms. The van der Waals surface area contributed by atoms with Crippen LogP contribution in [0.5, 0.6) is 5.75 Å². The number of benzene rings is 1. The van der Waals surface area contributed by atoms with Gasteiger partial charge in [0.05, 0.1) is 7.11 Å². The minimum absolute atomic E-state index is 0.932. The van der Waals surface area contributed by atoms with E-state index >= 15 is 0 Å². The zero-order valence-electron chi connectivity index (χ0n) is 11.1. The van der Waals surface area contributed by atoms with Crippen molar-refractivity contribution in [3.8, 4) is 5.75 Å². The van der Waals surface area contributed by atoms with Gasteiger partial charge in [0, 0.05) is 13.1 Å². The number of ether oxygens (including phenoxy) is 1. The Bertz CT molecular complexity index is 421. The molecule has 0 N–H and O–H groups in total. The molecule has 1 aliphatic rings. The van der Waals surface area contributed by atoms with E-state index in [1.807, 2.05) is 12.1 Å². The van der Waals surface area contributed by atoms with Crippen LogP contribution in [0.3, 0.4) is 0 Å². The molecule has 0 saturated carbocycles. The van der Waals surface area contributed by atoms with Gasteiger partial charge in [0.1, 0.15) is 5.75 Å². The maximum atomic E-state index is 5.19. The van der Waals surface area contributed by atoms with E-state index in [0.29, 0.717) is 0 Å². The summed E-state index contributed by atoms with van der Waals surface area (Å²) >= 11 is 2.45. The largest absolute Gasteiger partial charge is 0.497 e. The predicted octanol–water partition coefficient (Wildman–Crippen LogP) is 4.00. The van der Waals surface area contributed by atoms with Crippen molar-refractivity contribution in [2.45, 2.75) is 26.3 Å². The van der Waals surface area contributed by atoms with Gasteiger partial charge in [-0.25, -0.2) is 0 Å². The highest BCUT2D eigenvalue weighted by atomic mass is 127. The van der Waals surface area contributed by atoms with Crippen molar-refractivity contribution in [3.63, 3.8) is 0 Å². The number of allylic oxidation sites excluding steroid dienone is 1. The van der Waals surface area contributed by atoms with Gasteiger partial charge in [-0.3, -0.25) is 4.90 Å². The molecule has 1 aromatic carbocycles. The fourth-order valence-electron chi connectivity index (χ4n) is 2.35. The van der Waals surface area contributed by atoms with Crippen LogP contribution >= 0.6 is 22.6 Å². The van der Waals surface area contributed by atoms with Gasteiger partial charge < -0.3 is 4.74 Å². The van der Waals surface area contributed by atoms with Crippen LogP contribution in [0.4, 0.5) is 0 Å². The summed E-state index contributed by atoms with van der Waals surface area (Å²) in [5, 5.41) is 0. The topological polar surface area (TPSA) is 12.5 Å². The van der Waals surface area contributed by atoms with Gasteiger partial charge in [0.15, 0.2) is 0 Å².